The summed E-state index contributed by atoms with van der Waals surface area (Å²) in [5.74, 6) is 0. The van der Waals surface area contributed by atoms with Gasteiger partial charge in [0.1, 0.15) is 12.0 Å². The number of nitrogens with zero attached hydrogens (tertiary/aromatic N) is 3. The fourth-order valence-corrected chi connectivity index (χ4v) is 5.90. The number of nitrogens with one attached hydrogen (secondary N) is 1. The van der Waals surface area contributed by atoms with Crippen LogP contribution in [0.2, 0.25) is 0 Å². The van der Waals surface area contributed by atoms with Crippen LogP contribution in [0.3, 0.4) is 0 Å². The molecule has 3 atom stereocenters. The van der Waals surface area contributed by atoms with E-state index in [1.807, 2.05) is 35.8 Å². The van der Waals surface area contributed by atoms with E-state index in [-0.39, 0.29) is 10.9 Å². The molecule has 1 unspecified atom stereocenters. The molecule has 1 aliphatic carbocycles. The number of para-hydroxylation sites is 1. The molecule has 0 saturated heterocycles. The standard InChI is InChI=1S/C23H24N4O3S/c1-15-9-11-16(12-10-15)31(29,30)26-19-6-4-8-21(22(19)28)27-20-7-3-2-5-17(20)18-13-24-14-25-23(18)27/h2-3,5,7,9-14,19,21-22,26,28H,4,6,8H2,1H3/t19-,21?,22+/m0/s1. The number of hydrogen-bond donors (Lipinski definition) is 2. The second-order valence-electron chi connectivity index (χ2n) is 8.18. The lowest BCUT2D eigenvalue weighted by molar-refractivity contribution is 0.0544. The van der Waals surface area contributed by atoms with Crippen molar-refractivity contribution in [3.05, 3.63) is 66.6 Å². The Morgan fingerprint density at radius 2 is 1.84 bits per heavy atom. The number of aromatic nitrogens is 3. The van der Waals surface area contributed by atoms with Crippen LogP contribution in [0.15, 0.2) is 66.0 Å². The first-order chi connectivity index (χ1) is 15.0. The zero-order valence-corrected chi connectivity index (χ0v) is 18.0. The molecule has 7 nitrogen and oxygen atoms in total. The van der Waals surface area contributed by atoms with Crippen LogP contribution in [0, 0.1) is 6.92 Å². The van der Waals surface area contributed by atoms with Gasteiger partial charge in [-0.3, -0.25) is 0 Å². The third-order valence-corrected chi connectivity index (χ3v) is 7.67. The van der Waals surface area contributed by atoms with Gasteiger partial charge in [0.05, 0.1) is 28.6 Å². The number of aryl methyl sites for hydroxylation is 1. The van der Waals surface area contributed by atoms with Crippen molar-refractivity contribution in [1.82, 2.24) is 19.3 Å². The van der Waals surface area contributed by atoms with Gasteiger partial charge in [-0.2, -0.15) is 0 Å². The van der Waals surface area contributed by atoms with E-state index in [9.17, 15) is 13.5 Å². The molecule has 4 aromatic rings. The second-order valence-corrected chi connectivity index (χ2v) is 9.89. The fraction of sp³-hybridized carbons (Fsp3) is 0.304. The van der Waals surface area contributed by atoms with Crippen LogP contribution in [-0.2, 0) is 10.0 Å². The Hall–Kier alpha value is -2.81. The molecule has 0 amide bonds. The van der Waals surface area contributed by atoms with E-state index in [1.54, 1.807) is 30.5 Å². The highest BCUT2D eigenvalue weighted by Gasteiger charge is 2.37. The largest absolute Gasteiger partial charge is 0.389 e. The van der Waals surface area contributed by atoms with Gasteiger partial charge < -0.3 is 9.67 Å². The van der Waals surface area contributed by atoms with Crippen LogP contribution in [0.5, 0.6) is 0 Å². The van der Waals surface area contributed by atoms with Gasteiger partial charge in [0.15, 0.2) is 0 Å². The summed E-state index contributed by atoms with van der Waals surface area (Å²) in [6, 6.07) is 13.8. The third-order valence-electron chi connectivity index (χ3n) is 6.16. The predicted molar refractivity (Wildman–Crippen MR) is 119 cm³/mol. The Balaban J connectivity index is 1.51. The highest BCUT2D eigenvalue weighted by atomic mass is 32.2. The molecular weight excluding hydrogens is 412 g/mol. The van der Waals surface area contributed by atoms with E-state index in [1.165, 1.54) is 6.33 Å². The Morgan fingerprint density at radius 3 is 2.65 bits per heavy atom. The molecule has 2 heterocycles. The van der Waals surface area contributed by atoms with E-state index in [2.05, 4.69) is 14.7 Å². The van der Waals surface area contributed by atoms with Crippen molar-refractivity contribution in [2.45, 2.75) is 49.3 Å². The molecule has 2 N–H and O–H groups in total. The molecule has 8 heteroatoms. The van der Waals surface area contributed by atoms with Gasteiger partial charge in [-0.1, -0.05) is 35.9 Å². The molecule has 1 aliphatic rings. The molecule has 0 spiro atoms. The van der Waals surface area contributed by atoms with Gasteiger partial charge in [-0.05, 0) is 44.4 Å². The van der Waals surface area contributed by atoms with Crippen LogP contribution in [0.4, 0.5) is 0 Å². The maximum absolute atomic E-state index is 12.9. The summed E-state index contributed by atoms with van der Waals surface area (Å²) in [5.41, 5.74) is 2.71. The van der Waals surface area contributed by atoms with Crippen molar-refractivity contribution in [1.29, 1.82) is 0 Å². The normalized spacial score (nSPS) is 22.2. The summed E-state index contributed by atoms with van der Waals surface area (Å²) in [6.07, 6.45) is 4.51. The monoisotopic (exact) mass is 436 g/mol. The molecule has 31 heavy (non-hydrogen) atoms. The lowest BCUT2D eigenvalue weighted by Crippen LogP contribution is -2.49. The quantitative estimate of drug-likeness (QED) is 0.511. The first kappa shape index (κ1) is 20.1. The zero-order valence-electron chi connectivity index (χ0n) is 17.1. The van der Waals surface area contributed by atoms with E-state index in [4.69, 9.17) is 0 Å². The van der Waals surface area contributed by atoms with E-state index in [0.29, 0.717) is 6.42 Å². The van der Waals surface area contributed by atoms with Crippen molar-refractivity contribution in [2.75, 3.05) is 0 Å². The number of benzene rings is 2. The number of aliphatic hydroxyl groups excluding tert-OH is 1. The van der Waals surface area contributed by atoms with Crippen LogP contribution in [0.1, 0.15) is 30.9 Å². The van der Waals surface area contributed by atoms with Gasteiger partial charge in [0.2, 0.25) is 10.0 Å². The molecule has 0 radical (unpaired) electrons. The molecule has 0 bridgehead atoms. The molecule has 160 valence electrons. The maximum atomic E-state index is 12.9. The minimum absolute atomic E-state index is 0.206. The summed E-state index contributed by atoms with van der Waals surface area (Å²) in [4.78, 5) is 8.86. The highest BCUT2D eigenvalue weighted by molar-refractivity contribution is 7.89. The molecule has 2 aromatic carbocycles. The fourth-order valence-electron chi connectivity index (χ4n) is 4.62. The highest BCUT2D eigenvalue weighted by Crippen LogP contribution is 2.37. The summed E-state index contributed by atoms with van der Waals surface area (Å²) in [5, 5.41) is 13.2. The molecular formula is C23H24N4O3S. The molecule has 2 aromatic heterocycles. The Labute approximate surface area is 180 Å². The van der Waals surface area contributed by atoms with Gasteiger partial charge in [0, 0.05) is 17.0 Å². The van der Waals surface area contributed by atoms with Crippen molar-refractivity contribution in [3.63, 3.8) is 0 Å². The molecule has 1 fully saturated rings. The molecule has 5 rings (SSSR count). The number of rotatable bonds is 4. The maximum Gasteiger partial charge on any atom is 0.240 e. The Bertz CT molecular complexity index is 1300. The van der Waals surface area contributed by atoms with E-state index in [0.717, 1.165) is 40.3 Å². The number of hydrogen-bond acceptors (Lipinski definition) is 5. The lowest BCUT2D eigenvalue weighted by atomic mass is 9.88. The summed E-state index contributed by atoms with van der Waals surface area (Å²) in [7, 11) is -3.73. The van der Waals surface area contributed by atoms with Crippen LogP contribution < -0.4 is 4.72 Å². The molecule has 1 saturated carbocycles. The second kappa shape index (κ2) is 7.71. The average Bonchev–Trinajstić information content (AvgIpc) is 3.10. The smallest absolute Gasteiger partial charge is 0.240 e. The summed E-state index contributed by atoms with van der Waals surface area (Å²) in [6.45, 7) is 1.91. The van der Waals surface area contributed by atoms with Crippen molar-refractivity contribution < 1.29 is 13.5 Å². The number of aliphatic hydroxyl groups is 1. The van der Waals surface area contributed by atoms with Crippen molar-refractivity contribution >= 4 is 32.0 Å². The summed E-state index contributed by atoms with van der Waals surface area (Å²) < 4.78 is 30.6. The zero-order chi connectivity index (χ0) is 21.6. The SMILES string of the molecule is Cc1ccc(S(=O)(=O)N[C@H]2CCCC(n3c4ccccc4c4cncnc43)[C@@H]2O)cc1. The average molecular weight is 437 g/mol. The van der Waals surface area contributed by atoms with Gasteiger partial charge in [-0.15, -0.1) is 0 Å². The minimum Gasteiger partial charge on any atom is -0.389 e. The van der Waals surface area contributed by atoms with E-state index >= 15 is 0 Å². The van der Waals surface area contributed by atoms with Crippen molar-refractivity contribution in [2.24, 2.45) is 0 Å². The topological polar surface area (TPSA) is 97.1 Å². The van der Waals surface area contributed by atoms with E-state index < -0.39 is 22.2 Å². The summed E-state index contributed by atoms with van der Waals surface area (Å²) >= 11 is 0. The number of sulfonamides is 1. The van der Waals surface area contributed by atoms with Crippen molar-refractivity contribution in [3.8, 4) is 0 Å². The lowest BCUT2D eigenvalue weighted by Gasteiger charge is -2.36. The van der Waals surface area contributed by atoms with Crippen LogP contribution in [0.25, 0.3) is 21.9 Å². The minimum atomic E-state index is -3.73. The first-order valence-corrected chi connectivity index (χ1v) is 11.9. The number of fused-ring (bicyclic) bond motifs is 3. The van der Waals surface area contributed by atoms with Crippen LogP contribution in [-0.4, -0.2) is 40.2 Å². The third kappa shape index (κ3) is 3.50. The molecule has 0 aliphatic heterocycles. The van der Waals surface area contributed by atoms with Crippen LogP contribution >= 0.6 is 0 Å². The first-order valence-electron chi connectivity index (χ1n) is 10.4. The Kier molecular flexibility index (Phi) is 5.00. The van der Waals surface area contributed by atoms with Gasteiger partial charge in [0.25, 0.3) is 0 Å². The predicted octanol–water partition coefficient (Wildman–Crippen LogP) is 3.33. The van der Waals surface area contributed by atoms with Gasteiger partial charge in [-0.25, -0.2) is 23.1 Å². The van der Waals surface area contributed by atoms with Gasteiger partial charge >= 0.3 is 0 Å². The Morgan fingerprint density at radius 1 is 1.06 bits per heavy atom.